The molecule has 0 radical (unpaired) electrons. The van der Waals surface area contributed by atoms with Crippen LogP contribution < -0.4 is 0 Å². The zero-order chi connectivity index (χ0) is 23.8. The number of rotatable bonds is 4. The van der Waals surface area contributed by atoms with Crippen molar-refractivity contribution in [3.63, 3.8) is 0 Å². The molecule has 1 spiro atoms. The molecule has 3 aromatic rings. The Balaban J connectivity index is 1.32. The van der Waals surface area contributed by atoms with Crippen LogP contribution in [0.3, 0.4) is 0 Å². The Bertz CT molecular complexity index is 1380. The average Bonchev–Trinajstić information content (AvgIpc) is 3.35. The van der Waals surface area contributed by atoms with E-state index >= 15 is 0 Å². The van der Waals surface area contributed by atoms with E-state index in [4.69, 9.17) is 5.10 Å². The van der Waals surface area contributed by atoms with Crippen molar-refractivity contribution in [2.75, 3.05) is 20.6 Å². The van der Waals surface area contributed by atoms with Gasteiger partial charge in [-0.25, -0.2) is 4.39 Å². The van der Waals surface area contributed by atoms with Crippen molar-refractivity contribution in [2.45, 2.75) is 31.2 Å². The summed E-state index contributed by atoms with van der Waals surface area (Å²) in [5.41, 5.74) is 6.23. The van der Waals surface area contributed by atoms with Crippen molar-refractivity contribution >= 4 is 10.2 Å². The molecule has 34 heavy (non-hydrogen) atoms. The molecule has 4 atom stereocenters. The summed E-state index contributed by atoms with van der Waals surface area (Å²) in [6.07, 6.45) is 3.99. The van der Waals surface area contributed by atoms with Gasteiger partial charge >= 0.3 is 0 Å². The lowest BCUT2D eigenvalue weighted by molar-refractivity contribution is 0.322. The van der Waals surface area contributed by atoms with Crippen LogP contribution in [-0.2, 0) is 30.1 Å². The van der Waals surface area contributed by atoms with Gasteiger partial charge in [0, 0.05) is 33.3 Å². The highest BCUT2D eigenvalue weighted by molar-refractivity contribution is 7.87. The van der Waals surface area contributed by atoms with Crippen LogP contribution in [0.4, 0.5) is 4.39 Å². The lowest BCUT2D eigenvalue weighted by atomic mass is 9.87. The molecular formula is C26H29FN4O2S. The van der Waals surface area contributed by atoms with Crippen molar-refractivity contribution in [3.05, 3.63) is 65.5 Å². The Morgan fingerprint density at radius 2 is 1.62 bits per heavy atom. The molecule has 6 nitrogen and oxygen atoms in total. The molecule has 1 saturated carbocycles. The lowest BCUT2D eigenvalue weighted by Crippen LogP contribution is -2.38. The van der Waals surface area contributed by atoms with Crippen LogP contribution in [0.2, 0.25) is 0 Å². The fourth-order valence-electron chi connectivity index (χ4n) is 6.35. The van der Waals surface area contributed by atoms with Crippen molar-refractivity contribution < 1.29 is 12.8 Å². The third kappa shape index (κ3) is 3.19. The summed E-state index contributed by atoms with van der Waals surface area (Å²) in [7, 11) is 1.75. The highest BCUT2D eigenvalue weighted by Gasteiger charge is 2.69. The summed E-state index contributed by atoms with van der Waals surface area (Å²) in [6.45, 7) is 0.644. The number of nitrogens with zero attached hydrogens (tertiary/aromatic N) is 4. The van der Waals surface area contributed by atoms with Gasteiger partial charge in [-0.2, -0.15) is 22.1 Å². The van der Waals surface area contributed by atoms with Crippen LogP contribution in [0, 0.1) is 17.7 Å². The second-order valence-electron chi connectivity index (χ2n) is 10.2. The van der Waals surface area contributed by atoms with Crippen LogP contribution in [0.15, 0.2) is 48.5 Å². The molecule has 1 aromatic heterocycles. The van der Waals surface area contributed by atoms with E-state index in [0.717, 1.165) is 48.2 Å². The van der Waals surface area contributed by atoms with Gasteiger partial charge < -0.3 is 0 Å². The quantitative estimate of drug-likeness (QED) is 0.533. The predicted octanol–water partition coefficient (Wildman–Crippen LogP) is 3.88. The van der Waals surface area contributed by atoms with E-state index in [1.165, 1.54) is 27.6 Å². The van der Waals surface area contributed by atoms with Gasteiger partial charge in [0.25, 0.3) is 10.2 Å². The number of halogens is 1. The topological polar surface area (TPSA) is 58.2 Å². The first-order valence-corrected chi connectivity index (χ1v) is 13.2. The molecule has 8 heteroatoms. The number of hydrogen-bond acceptors (Lipinski definition) is 3. The summed E-state index contributed by atoms with van der Waals surface area (Å²) in [6, 6.07) is 15.1. The van der Waals surface area contributed by atoms with E-state index < -0.39 is 10.2 Å². The maximum Gasteiger partial charge on any atom is 0.282 e. The standard InChI is InChI=1S/C26H29FN4O2S/c1-29(2)34(32,33)31-16-26(31)21-8-9-22(26)14-20-12-19(5-4-18(20)13-21)24-15-25(30(3)28-24)17-6-10-23(27)11-7-17/h4-7,10-12,15,21-22H,8-9,13-14,16H2,1-3H3/t21-,22+,26?,31?/m0/s1. The Morgan fingerprint density at radius 3 is 2.29 bits per heavy atom. The molecule has 0 N–H and O–H groups in total. The summed E-state index contributed by atoms with van der Waals surface area (Å²) in [4.78, 5) is 0. The molecule has 2 aliphatic carbocycles. The van der Waals surface area contributed by atoms with E-state index in [1.807, 2.05) is 17.8 Å². The first-order chi connectivity index (χ1) is 16.2. The van der Waals surface area contributed by atoms with Crippen LogP contribution in [0.1, 0.15) is 24.0 Å². The molecule has 2 unspecified atom stereocenters. The van der Waals surface area contributed by atoms with Crippen LogP contribution in [-0.4, -0.2) is 53.0 Å². The van der Waals surface area contributed by atoms with Gasteiger partial charge in [-0.3, -0.25) is 4.68 Å². The van der Waals surface area contributed by atoms with Crippen molar-refractivity contribution in [1.29, 1.82) is 0 Å². The Morgan fingerprint density at radius 1 is 0.971 bits per heavy atom. The maximum absolute atomic E-state index is 13.4. The molecule has 2 heterocycles. The highest BCUT2D eigenvalue weighted by atomic mass is 32.2. The van der Waals surface area contributed by atoms with Gasteiger partial charge in [-0.15, -0.1) is 0 Å². The lowest BCUT2D eigenvalue weighted by Gasteiger charge is -2.24. The molecule has 0 amide bonds. The summed E-state index contributed by atoms with van der Waals surface area (Å²) >= 11 is 0. The molecule has 1 saturated heterocycles. The van der Waals surface area contributed by atoms with Gasteiger partial charge in [0.2, 0.25) is 0 Å². The molecule has 2 aromatic carbocycles. The van der Waals surface area contributed by atoms with Crippen LogP contribution in [0.5, 0.6) is 0 Å². The Labute approximate surface area is 200 Å². The number of fused-ring (bicyclic) bond motifs is 1. The van der Waals surface area contributed by atoms with Crippen molar-refractivity contribution in [3.8, 4) is 22.5 Å². The molecule has 6 rings (SSSR count). The Hall–Kier alpha value is -2.55. The molecule has 3 aliphatic rings. The van der Waals surface area contributed by atoms with E-state index in [0.29, 0.717) is 18.4 Å². The summed E-state index contributed by atoms with van der Waals surface area (Å²) in [5.74, 6) is 0.470. The summed E-state index contributed by atoms with van der Waals surface area (Å²) < 4.78 is 44.1. The minimum absolute atomic E-state index is 0.219. The van der Waals surface area contributed by atoms with Gasteiger partial charge in [0.1, 0.15) is 5.82 Å². The fraction of sp³-hybridized carbons (Fsp3) is 0.423. The monoisotopic (exact) mass is 480 g/mol. The minimum atomic E-state index is -3.39. The third-order valence-electron chi connectivity index (χ3n) is 8.23. The zero-order valence-electron chi connectivity index (χ0n) is 19.7. The smallest absolute Gasteiger partial charge is 0.267 e. The van der Waals surface area contributed by atoms with Crippen molar-refractivity contribution in [1.82, 2.24) is 18.4 Å². The molecule has 178 valence electrons. The van der Waals surface area contributed by atoms with Gasteiger partial charge in [-0.1, -0.05) is 12.1 Å². The van der Waals surface area contributed by atoms with Gasteiger partial charge in [0.15, 0.2) is 0 Å². The SMILES string of the molecule is CN(C)S(=O)(=O)N1CC12[C@@H]1CC[C@H]2Cc2ccc(-c3cc(-c4ccc(F)cc4)n(C)n3)cc2C1. The van der Waals surface area contributed by atoms with Crippen LogP contribution in [0.25, 0.3) is 22.5 Å². The number of aromatic nitrogens is 2. The van der Waals surface area contributed by atoms with Crippen LogP contribution >= 0.6 is 0 Å². The van der Waals surface area contributed by atoms with E-state index in [-0.39, 0.29) is 11.4 Å². The largest absolute Gasteiger partial charge is 0.282 e. The second-order valence-corrected chi connectivity index (χ2v) is 12.3. The zero-order valence-corrected chi connectivity index (χ0v) is 20.5. The fourth-order valence-corrected chi connectivity index (χ4v) is 7.84. The molecular weight excluding hydrogens is 451 g/mol. The van der Waals surface area contributed by atoms with Gasteiger partial charge in [-0.05, 0) is 90.6 Å². The van der Waals surface area contributed by atoms with E-state index in [9.17, 15) is 12.8 Å². The first-order valence-electron chi connectivity index (χ1n) is 11.8. The minimum Gasteiger partial charge on any atom is -0.267 e. The number of aryl methyl sites for hydroxylation is 1. The van der Waals surface area contributed by atoms with E-state index in [1.54, 1.807) is 30.5 Å². The average molecular weight is 481 g/mol. The maximum atomic E-state index is 13.4. The van der Waals surface area contributed by atoms with E-state index in [2.05, 4.69) is 18.2 Å². The number of benzene rings is 2. The Kier molecular flexibility index (Phi) is 4.82. The van der Waals surface area contributed by atoms with Gasteiger partial charge in [0.05, 0.1) is 16.9 Å². The second kappa shape index (κ2) is 7.47. The number of hydrogen-bond donors (Lipinski definition) is 0. The molecule has 2 bridgehead atoms. The molecule has 2 fully saturated rings. The van der Waals surface area contributed by atoms with Crippen molar-refractivity contribution in [2.24, 2.45) is 18.9 Å². The predicted molar refractivity (Wildman–Crippen MR) is 130 cm³/mol. The highest BCUT2D eigenvalue weighted by Crippen LogP contribution is 2.59. The normalized spacial score (nSPS) is 27.7. The first kappa shape index (κ1) is 21.9. The summed E-state index contributed by atoms with van der Waals surface area (Å²) in [5, 5.41) is 4.73. The molecule has 1 aliphatic heterocycles. The third-order valence-corrected chi connectivity index (χ3v) is 10.2.